The van der Waals surface area contributed by atoms with Crippen LogP contribution in [-0.4, -0.2) is 29.3 Å². The number of H-pyrrole nitrogens is 1. The van der Waals surface area contributed by atoms with Crippen LogP contribution in [0.5, 0.6) is 5.75 Å². The smallest absolute Gasteiger partial charge is 0.284 e. The fourth-order valence-electron chi connectivity index (χ4n) is 2.43. The van der Waals surface area contributed by atoms with Gasteiger partial charge in [-0.2, -0.15) is 0 Å². The van der Waals surface area contributed by atoms with Crippen molar-refractivity contribution in [2.75, 3.05) is 18.1 Å². The Hall–Kier alpha value is -2.15. The van der Waals surface area contributed by atoms with Gasteiger partial charge in [0.2, 0.25) is 11.8 Å². The van der Waals surface area contributed by atoms with E-state index in [0.717, 1.165) is 11.4 Å². The van der Waals surface area contributed by atoms with Crippen LogP contribution < -0.4 is 9.64 Å². The maximum absolute atomic E-state index is 12.2. The van der Waals surface area contributed by atoms with Crippen molar-refractivity contribution in [3.8, 4) is 5.75 Å². The molecule has 21 heavy (non-hydrogen) atoms. The Labute approximate surface area is 126 Å². The molecule has 1 aliphatic heterocycles. The van der Waals surface area contributed by atoms with E-state index in [0.29, 0.717) is 25.5 Å². The molecule has 7 heteroatoms. The zero-order valence-electron chi connectivity index (χ0n) is 11.5. The normalized spacial score (nSPS) is 18.2. The van der Waals surface area contributed by atoms with Crippen LogP contribution in [0.4, 0.5) is 5.69 Å². The van der Waals surface area contributed by atoms with Gasteiger partial charge in [-0.3, -0.25) is 4.79 Å². The number of aromatic amines is 1. The van der Waals surface area contributed by atoms with Gasteiger partial charge in [-0.05, 0) is 43.4 Å². The lowest BCUT2D eigenvalue weighted by atomic mass is 10.1. The Morgan fingerprint density at radius 2 is 2.24 bits per heavy atom. The second-order valence-electron chi connectivity index (χ2n) is 4.78. The highest BCUT2D eigenvalue weighted by Gasteiger charge is 2.34. The highest BCUT2D eigenvalue weighted by Crippen LogP contribution is 2.31. The van der Waals surface area contributed by atoms with Gasteiger partial charge in [0, 0.05) is 18.7 Å². The minimum Gasteiger partial charge on any atom is -0.494 e. The average molecular weight is 305 g/mol. The van der Waals surface area contributed by atoms with E-state index in [-0.39, 0.29) is 16.7 Å². The van der Waals surface area contributed by atoms with Gasteiger partial charge >= 0.3 is 0 Å². The topological polar surface area (TPSA) is 71.4 Å². The van der Waals surface area contributed by atoms with Crippen LogP contribution in [0, 0.1) is 4.84 Å². The number of aromatic nitrogens is 2. The van der Waals surface area contributed by atoms with Crippen molar-refractivity contribution in [2.24, 2.45) is 0 Å². The Kier molecular flexibility index (Phi) is 3.74. The Morgan fingerprint density at radius 1 is 1.48 bits per heavy atom. The molecule has 0 saturated carbocycles. The minimum absolute atomic E-state index is 0.0493. The van der Waals surface area contributed by atoms with Gasteiger partial charge < -0.3 is 14.1 Å². The predicted octanol–water partition coefficient (Wildman–Crippen LogP) is 2.65. The molecular weight excluding hydrogens is 290 g/mol. The molecule has 0 aliphatic carbocycles. The number of hydrogen-bond donors (Lipinski definition) is 1. The number of nitrogens with zero attached hydrogens (tertiary/aromatic N) is 2. The molecule has 1 fully saturated rings. The summed E-state index contributed by atoms with van der Waals surface area (Å²) in [6.07, 6.45) is 0.371. The summed E-state index contributed by atoms with van der Waals surface area (Å²) in [6.45, 7) is 3.09. The highest BCUT2D eigenvalue weighted by atomic mass is 32.1. The van der Waals surface area contributed by atoms with Gasteiger partial charge in [-0.15, -0.1) is 5.10 Å². The molecule has 0 bridgehead atoms. The quantitative estimate of drug-likeness (QED) is 0.879. The number of benzene rings is 1. The van der Waals surface area contributed by atoms with E-state index in [9.17, 15) is 4.79 Å². The van der Waals surface area contributed by atoms with Crippen LogP contribution >= 0.6 is 12.2 Å². The Bertz CT molecular complexity index is 692. The molecule has 2 heterocycles. The number of nitrogens with one attached hydrogen (secondary N) is 1. The van der Waals surface area contributed by atoms with Crippen molar-refractivity contribution in [3.05, 3.63) is 35.0 Å². The molecule has 3 rings (SSSR count). The second kappa shape index (κ2) is 5.69. The molecule has 2 aromatic rings. The largest absolute Gasteiger partial charge is 0.494 e. The lowest BCUT2D eigenvalue weighted by Crippen LogP contribution is -2.24. The van der Waals surface area contributed by atoms with Crippen LogP contribution in [0.2, 0.25) is 0 Å². The molecule has 1 aromatic carbocycles. The van der Waals surface area contributed by atoms with Gasteiger partial charge in [0.1, 0.15) is 5.75 Å². The van der Waals surface area contributed by atoms with Crippen molar-refractivity contribution in [2.45, 2.75) is 19.3 Å². The monoisotopic (exact) mass is 305 g/mol. The molecule has 6 nitrogen and oxygen atoms in total. The Balaban J connectivity index is 1.77. The van der Waals surface area contributed by atoms with E-state index in [1.165, 1.54) is 0 Å². The van der Waals surface area contributed by atoms with Crippen molar-refractivity contribution in [1.29, 1.82) is 0 Å². The van der Waals surface area contributed by atoms with Crippen LogP contribution in [0.25, 0.3) is 0 Å². The van der Waals surface area contributed by atoms with Crippen molar-refractivity contribution >= 4 is 23.8 Å². The van der Waals surface area contributed by atoms with Crippen LogP contribution in [0.15, 0.2) is 28.7 Å². The lowest BCUT2D eigenvalue weighted by molar-refractivity contribution is -0.117. The molecule has 1 N–H and O–H groups in total. The van der Waals surface area contributed by atoms with E-state index in [4.69, 9.17) is 21.4 Å². The average Bonchev–Trinajstić information content (AvgIpc) is 3.06. The third-order valence-corrected chi connectivity index (χ3v) is 3.56. The first-order valence-corrected chi connectivity index (χ1v) is 7.17. The molecule has 110 valence electrons. The summed E-state index contributed by atoms with van der Waals surface area (Å²) >= 11 is 4.86. The predicted molar refractivity (Wildman–Crippen MR) is 79.0 cm³/mol. The minimum atomic E-state index is -0.0722. The third kappa shape index (κ3) is 2.82. The summed E-state index contributed by atoms with van der Waals surface area (Å²) < 4.78 is 10.7. The first-order valence-electron chi connectivity index (χ1n) is 6.76. The maximum atomic E-state index is 12.2. The fourth-order valence-corrected chi connectivity index (χ4v) is 2.56. The fraction of sp³-hybridized carbons (Fsp3) is 0.357. The van der Waals surface area contributed by atoms with E-state index >= 15 is 0 Å². The van der Waals surface area contributed by atoms with E-state index in [2.05, 4.69) is 10.2 Å². The zero-order valence-corrected chi connectivity index (χ0v) is 12.4. The number of anilines is 1. The molecular formula is C14H15N3O3S. The van der Waals surface area contributed by atoms with Gasteiger partial charge in [0.25, 0.3) is 4.84 Å². The van der Waals surface area contributed by atoms with Crippen molar-refractivity contribution in [1.82, 2.24) is 10.2 Å². The van der Waals surface area contributed by atoms with Crippen LogP contribution in [0.1, 0.15) is 25.2 Å². The molecule has 1 unspecified atom stereocenters. The van der Waals surface area contributed by atoms with Crippen molar-refractivity contribution in [3.63, 3.8) is 0 Å². The number of hydrogen-bond acceptors (Lipinski definition) is 5. The van der Waals surface area contributed by atoms with Gasteiger partial charge in [0.05, 0.1) is 12.5 Å². The third-order valence-electron chi connectivity index (χ3n) is 3.39. The first kappa shape index (κ1) is 13.8. The maximum Gasteiger partial charge on any atom is 0.284 e. The molecule has 0 spiro atoms. The van der Waals surface area contributed by atoms with E-state index in [1.54, 1.807) is 4.90 Å². The summed E-state index contributed by atoms with van der Waals surface area (Å²) in [7, 11) is 0. The van der Waals surface area contributed by atoms with Crippen molar-refractivity contribution < 1.29 is 13.9 Å². The summed E-state index contributed by atoms with van der Waals surface area (Å²) in [5, 5.41) is 6.59. The number of carbonyl (C=O) groups is 1. The standard InChI is InChI=1S/C14H15N3O3S/c1-2-19-11-5-3-10(4-6-11)17-8-9(7-12(17)18)13-15-16-14(21)20-13/h3-6,9H,2,7-8H2,1H3,(H,16,21). The number of rotatable bonds is 4. The molecule has 1 atom stereocenters. The van der Waals surface area contributed by atoms with E-state index in [1.807, 2.05) is 31.2 Å². The second-order valence-corrected chi connectivity index (χ2v) is 5.15. The summed E-state index contributed by atoms with van der Waals surface area (Å²) in [6, 6.07) is 7.48. The number of amides is 1. The van der Waals surface area contributed by atoms with Gasteiger partial charge in [-0.25, -0.2) is 5.10 Å². The molecule has 1 saturated heterocycles. The lowest BCUT2D eigenvalue weighted by Gasteiger charge is -2.16. The summed E-state index contributed by atoms with van der Waals surface area (Å²) in [5.41, 5.74) is 0.847. The SMILES string of the molecule is CCOc1ccc(N2CC(c3n[nH]c(=S)o3)CC2=O)cc1. The van der Waals surface area contributed by atoms with Gasteiger partial charge in [0.15, 0.2) is 0 Å². The van der Waals surface area contributed by atoms with Gasteiger partial charge in [-0.1, -0.05) is 0 Å². The zero-order chi connectivity index (χ0) is 14.8. The molecule has 0 radical (unpaired) electrons. The molecule has 1 aromatic heterocycles. The molecule has 1 aliphatic rings. The summed E-state index contributed by atoms with van der Waals surface area (Å²) in [5.74, 6) is 1.26. The number of carbonyl (C=O) groups excluding carboxylic acids is 1. The highest BCUT2D eigenvalue weighted by molar-refractivity contribution is 7.71. The Morgan fingerprint density at radius 3 is 2.86 bits per heavy atom. The van der Waals surface area contributed by atoms with E-state index < -0.39 is 0 Å². The number of ether oxygens (including phenoxy) is 1. The summed E-state index contributed by atoms with van der Waals surface area (Å²) in [4.78, 5) is 14.1. The van der Waals surface area contributed by atoms with Crippen LogP contribution in [-0.2, 0) is 4.79 Å². The first-order chi connectivity index (χ1) is 10.2. The molecule has 1 amide bonds. The van der Waals surface area contributed by atoms with Crippen LogP contribution in [0.3, 0.4) is 0 Å².